The van der Waals surface area contributed by atoms with E-state index in [1.165, 1.54) is 19.1 Å². The van der Waals surface area contributed by atoms with E-state index in [1.807, 2.05) is 53.0 Å². The maximum Gasteiger partial charge on any atom is 0.213 e. The summed E-state index contributed by atoms with van der Waals surface area (Å²) in [6.07, 6.45) is 5.28. The number of hydrogen-bond acceptors (Lipinski definition) is 4. The molecular formula is C36H43BrF3N3O2Si. The fraction of sp³-hybridized carbons (Fsp3) is 0.472. The molecule has 0 bridgehead atoms. The summed E-state index contributed by atoms with van der Waals surface area (Å²) in [7, 11) is -2.05. The van der Waals surface area contributed by atoms with Crippen molar-refractivity contribution < 1.29 is 22.3 Å². The molecule has 5 atom stereocenters. The van der Waals surface area contributed by atoms with E-state index in [2.05, 4.69) is 48.8 Å². The standard InChI is InChI=1S/C36H43BrF3N3O2Si/c1-23-17-27-26(14-15-31-28(27)20-41-43(31)32-13-9-10-16-44-32)34(33-29(38)18-24(37)19-30(33)39)42(23)21-36(5,40)22-45-46(35(2,3)4)25-11-7-6-8-12-25/h6-8,11-12,14-15,18-20,23,32,34,46H,9-10,13,16-17,21-22H2,1-5H3/t23-,32?,34+,36?,46?/m1/s1. The first-order valence-electron chi connectivity index (χ1n) is 16.2. The normalized spacial score (nSPS) is 22.8. The van der Waals surface area contributed by atoms with E-state index in [9.17, 15) is 0 Å². The van der Waals surface area contributed by atoms with Crippen LogP contribution in [-0.4, -0.2) is 55.2 Å². The zero-order valence-corrected chi connectivity index (χ0v) is 29.9. The lowest BCUT2D eigenvalue weighted by Crippen LogP contribution is -2.52. The minimum absolute atomic E-state index is 0.0551. The van der Waals surface area contributed by atoms with Gasteiger partial charge in [-0.15, -0.1) is 0 Å². The number of alkyl halides is 1. The van der Waals surface area contributed by atoms with Gasteiger partial charge in [0, 0.05) is 34.6 Å². The second-order valence-electron chi connectivity index (χ2n) is 14.3. The summed E-state index contributed by atoms with van der Waals surface area (Å²) in [6.45, 7) is 10.5. The van der Waals surface area contributed by atoms with E-state index >= 15 is 13.2 Å². The Labute approximate surface area is 279 Å². The highest BCUT2D eigenvalue weighted by Crippen LogP contribution is 2.44. The van der Waals surface area contributed by atoms with Crippen LogP contribution in [-0.2, 0) is 15.6 Å². The summed E-state index contributed by atoms with van der Waals surface area (Å²) in [6, 6.07) is 15.5. The van der Waals surface area contributed by atoms with Crippen molar-refractivity contribution >= 4 is 41.1 Å². The zero-order chi connectivity index (χ0) is 32.8. The number of benzene rings is 3. The van der Waals surface area contributed by atoms with E-state index in [-0.39, 0.29) is 36.0 Å². The van der Waals surface area contributed by atoms with Crippen LogP contribution in [0.4, 0.5) is 13.2 Å². The monoisotopic (exact) mass is 713 g/mol. The van der Waals surface area contributed by atoms with Gasteiger partial charge in [0.15, 0.2) is 6.23 Å². The molecule has 0 N–H and O–H groups in total. The van der Waals surface area contributed by atoms with Crippen LogP contribution in [0.1, 0.15) is 82.8 Å². The highest BCUT2D eigenvalue weighted by molar-refractivity contribution is 9.10. The van der Waals surface area contributed by atoms with Crippen molar-refractivity contribution in [2.45, 2.75) is 89.3 Å². The first-order chi connectivity index (χ1) is 21.8. The summed E-state index contributed by atoms with van der Waals surface area (Å²) in [5, 5.41) is 6.63. The number of rotatable bonds is 8. The van der Waals surface area contributed by atoms with Crippen LogP contribution < -0.4 is 5.19 Å². The van der Waals surface area contributed by atoms with Gasteiger partial charge >= 0.3 is 0 Å². The average molecular weight is 715 g/mol. The highest BCUT2D eigenvalue weighted by Gasteiger charge is 2.42. The second kappa shape index (κ2) is 13.2. The van der Waals surface area contributed by atoms with Crippen LogP contribution in [0.5, 0.6) is 0 Å². The molecule has 0 amide bonds. The smallest absolute Gasteiger partial charge is 0.213 e. The zero-order valence-electron chi connectivity index (χ0n) is 27.2. The first-order valence-corrected chi connectivity index (χ1v) is 18.6. The summed E-state index contributed by atoms with van der Waals surface area (Å²) in [4.78, 5) is 1.91. The molecule has 3 aromatic carbocycles. The Balaban J connectivity index is 1.37. The van der Waals surface area contributed by atoms with Gasteiger partial charge in [-0.1, -0.05) is 73.1 Å². The predicted octanol–water partition coefficient (Wildman–Crippen LogP) is 8.29. The minimum Gasteiger partial charge on any atom is -0.412 e. The topological polar surface area (TPSA) is 39.5 Å². The van der Waals surface area contributed by atoms with Crippen LogP contribution in [0.2, 0.25) is 5.04 Å². The van der Waals surface area contributed by atoms with Crippen molar-refractivity contribution in [1.29, 1.82) is 0 Å². The fourth-order valence-corrected chi connectivity index (χ4v) is 10.4. The molecule has 3 heterocycles. The summed E-state index contributed by atoms with van der Waals surface area (Å²) in [5.41, 5.74) is 0.810. The molecule has 2 aliphatic heterocycles. The Morgan fingerprint density at radius 1 is 1.04 bits per heavy atom. The van der Waals surface area contributed by atoms with E-state index < -0.39 is 32.4 Å². The summed E-state index contributed by atoms with van der Waals surface area (Å²) in [5.74, 6) is -1.34. The van der Waals surface area contributed by atoms with Crippen LogP contribution in [0.25, 0.3) is 10.9 Å². The Morgan fingerprint density at radius 3 is 2.41 bits per heavy atom. The molecule has 2 aliphatic rings. The largest absolute Gasteiger partial charge is 0.412 e. The third kappa shape index (κ3) is 6.74. The van der Waals surface area contributed by atoms with Gasteiger partial charge in [-0.05, 0) is 79.1 Å². The Hall–Kier alpha value is -2.50. The third-order valence-corrected chi connectivity index (χ3v) is 12.8. The Bertz CT molecular complexity index is 1660. The third-order valence-electron chi connectivity index (χ3n) is 9.32. The van der Waals surface area contributed by atoms with Gasteiger partial charge in [0.1, 0.15) is 17.3 Å². The average Bonchev–Trinajstić information content (AvgIpc) is 3.43. The van der Waals surface area contributed by atoms with Crippen LogP contribution >= 0.6 is 15.9 Å². The number of hydrogen-bond donors (Lipinski definition) is 0. The van der Waals surface area contributed by atoms with Crippen LogP contribution in [0, 0.1) is 11.6 Å². The second-order valence-corrected chi connectivity index (χ2v) is 18.7. The summed E-state index contributed by atoms with van der Waals surface area (Å²) >= 11 is 3.23. The van der Waals surface area contributed by atoms with Crippen molar-refractivity contribution in [1.82, 2.24) is 14.7 Å². The SMILES string of the molecule is C[C@@H]1Cc2c(ccc3c2cnn3C2CCCCO2)[C@@H](c2c(F)cc(Br)cc2F)N1CC(C)(F)CO[SiH](c1ccccc1)C(C)(C)C. The Morgan fingerprint density at radius 2 is 1.76 bits per heavy atom. The predicted molar refractivity (Wildman–Crippen MR) is 183 cm³/mol. The quantitative estimate of drug-likeness (QED) is 0.172. The first kappa shape index (κ1) is 33.4. The molecule has 1 fully saturated rings. The van der Waals surface area contributed by atoms with Gasteiger partial charge in [-0.25, -0.2) is 17.9 Å². The van der Waals surface area contributed by atoms with Crippen molar-refractivity contribution in [3.05, 3.63) is 93.6 Å². The van der Waals surface area contributed by atoms with Gasteiger partial charge in [0.2, 0.25) is 9.04 Å². The van der Waals surface area contributed by atoms with Crippen molar-refractivity contribution in [3.63, 3.8) is 0 Å². The van der Waals surface area contributed by atoms with E-state index in [0.717, 1.165) is 46.5 Å². The molecule has 1 saturated heterocycles. The number of ether oxygens (including phenoxy) is 1. The lowest BCUT2D eigenvalue weighted by Gasteiger charge is -2.45. The molecule has 10 heteroatoms. The molecule has 46 heavy (non-hydrogen) atoms. The summed E-state index contributed by atoms with van der Waals surface area (Å²) < 4.78 is 63.1. The molecule has 6 rings (SSSR count). The lowest BCUT2D eigenvalue weighted by atomic mass is 9.82. The number of aromatic nitrogens is 2. The van der Waals surface area contributed by atoms with E-state index in [4.69, 9.17) is 14.3 Å². The molecule has 4 aromatic rings. The van der Waals surface area contributed by atoms with Gasteiger partial charge in [-0.3, -0.25) is 4.90 Å². The lowest BCUT2D eigenvalue weighted by molar-refractivity contribution is -0.0366. The van der Waals surface area contributed by atoms with Crippen molar-refractivity contribution in [2.75, 3.05) is 19.8 Å². The molecule has 0 radical (unpaired) electrons. The van der Waals surface area contributed by atoms with Gasteiger partial charge in [-0.2, -0.15) is 5.10 Å². The fourth-order valence-electron chi connectivity index (χ4n) is 7.21. The minimum atomic E-state index is -2.05. The van der Waals surface area contributed by atoms with E-state index in [0.29, 0.717) is 17.5 Å². The van der Waals surface area contributed by atoms with Crippen molar-refractivity contribution in [2.24, 2.45) is 0 Å². The maximum atomic E-state index is 16.7. The number of nitrogens with zero attached hydrogens (tertiary/aromatic N) is 3. The van der Waals surface area contributed by atoms with Crippen LogP contribution in [0.15, 0.2) is 65.3 Å². The van der Waals surface area contributed by atoms with Gasteiger partial charge < -0.3 is 9.16 Å². The number of fused-ring (bicyclic) bond motifs is 3. The number of halogens is 4. The molecule has 0 spiro atoms. The molecule has 1 aromatic heterocycles. The maximum absolute atomic E-state index is 16.7. The molecular weight excluding hydrogens is 671 g/mol. The van der Waals surface area contributed by atoms with Crippen molar-refractivity contribution in [3.8, 4) is 0 Å². The molecule has 3 unspecified atom stereocenters. The molecule has 0 saturated carbocycles. The van der Waals surface area contributed by atoms with E-state index in [1.54, 1.807) is 0 Å². The van der Waals surface area contributed by atoms with Crippen LogP contribution in [0.3, 0.4) is 0 Å². The Kier molecular flexibility index (Phi) is 9.57. The molecule has 246 valence electrons. The highest BCUT2D eigenvalue weighted by atomic mass is 79.9. The molecule has 0 aliphatic carbocycles. The van der Waals surface area contributed by atoms with Gasteiger partial charge in [0.25, 0.3) is 0 Å². The van der Waals surface area contributed by atoms with Gasteiger partial charge in [0.05, 0.1) is 24.4 Å². The molecule has 5 nitrogen and oxygen atoms in total.